The summed E-state index contributed by atoms with van der Waals surface area (Å²) >= 11 is 0. The van der Waals surface area contributed by atoms with Crippen molar-refractivity contribution in [2.75, 3.05) is 13.2 Å². The van der Waals surface area contributed by atoms with Gasteiger partial charge in [-0.15, -0.1) is 0 Å². The van der Waals surface area contributed by atoms with Crippen molar-refractivity contribution in [2.45, 2.75) is 13.0 Å². The smallest absolute Gasteiger partial charge is 0.338 e. The number of aliphatic hydroxyl groups is 1. The van der Waals surface area contributed by atoms with E-state index in [0.29, 0.717) is 23.5 Å². The predicted molar refractivity (Wildman–Crippen MR) is 81.0 cm³/mol. The molecule has 0 heterocycles. The number of hydrogen-bond acceptors (Lipinski definition) is 5. The van der Waals surface area contributed by atoms with Crippen molar-refractivity contribution < 1.29 is 24.5 Å². The van der Waals surface area contributed by atoms with E-state index in [1.165, 1.54) is 6.07 Å². The number of esters is 1. The zero-order valence-corrected chi connectivity index (χ0v) is 12.2. The molecule has 0 bridgehead atoms. The SMILES string of the molecule is CCOC(=O)c1ccc(OCC(O)c2ccccc2O)cc1. The molecule has 0 amide bonds. The summed E-state index contributed by atoms with van der Waals surface area (Å²) in [4.78, 5) is 11.5. The zero-order chi connectivity index (χ0) is 15.9. The second kappa shape index (κ2) is 7.47. The van der Waals surface area contributed by atoms with Crippen LogP contribution in [0.5, 0.6) is 11.5 Å². The second-order valence-corrected chi connectivity index (χ2v) is 4.63. The highest BCUT2D eigenvalue weighted by Gasteiger charge is 2.13. The van der Waals surface area contributed by atoms with Gasteiger partial charge in [0.15, 0.2) is 0 Å². The Hall–Kier alpha value is -2.53. The third-order valence-electron chi connectivity index (χ3n) is 3.07. The van der Waals surface area contributed by atoms with Crippen molar-refractivity contribution in [2.24, 2.45) is 0 Å². The lowest BCUT2D eigenvalue weighted by Gasteiger charge is -2.14. The van der Waals surface area contributed by atoms with Crippen LogP contribution < -0.4 is 4.74 Å². The first-order valence-corrected chi connectivity index (χ1v) is 6.97. The molecule has 0 spiro atoms. The number of ether oxygens (including phenoxy) is 2. The van der Waals surface area contributed by atoms with E-state index >= 15 is 0 Å². The lowest BCUT2D eigenvalue weighted by Crippen LogP contribution is -2.10. The highest BCUT2D eigenvalue weighted by atomic mass is 16.5. The van der Waals surface area contributed by atoms with Crippen molar-refractivity contribution in [3.8, 4) is 11.5 Å². The average molecular weight is 302 g/mol. The summed E-state index contributed by atoms with van der Waals surface area (Å²) in [5.41, 5.74) is 0.848. The van der Waals surface area contributed by atoms with Crippen molar-refractivity contribution in [1.82, 2.24) is 0 Å². The van der Waals surface area contributed by atoms with Crippen molar-refractivity contribution in [3.05, 3.63) is 59.7 Å². The Balaban J connectivity index is 1.94. The highest BCUT2D eigenvalue weighted by molar-refractivity contribution is 5.89. The first-order valence-electron chi connectivity index (χ1n) is 6.97. The molecular weight excluding hydrogens is 284 g/mol. The molecule has 2 rings (SSSR count). The van der Waals surface area contributed by atoms with E-state index in [0.717, 1.165) is 0 Å². The van der Waals surface area contributed by atoms with E-state index in [1.807, 2.05) is 0 Å². The third kappa shape index (κ3) is 3.99. The summed E-state index contributed by atoms with van der Waals surface area (Å²) in [5, 5.41) is 19.7. The predicted octanol–water partition coefficient (Wildman–Crippen LogP) is 2.68. The number of benzene rings is 2. The fraction of sp³-hybridized carbons (Fsp3) is 0.235. The van der Waals surface area contributed by atoms with Gasteiger partial charge in [-0.3, -0.25) is 0 Å². The number of rotatable bonds is 6. The molecule has 1 atom stereocenters. The van der Waals surface area contributed by atoms with Crippen LogP contribution >= 0.6 is 0 Å². The molecule has 2 aromatic carbocycles. The van der Waals surface area contributed by atoms with Gasteiger partial charge in [-0.25, -0.2) is 4.79 Å². The summed E-state index contributed by atoms with van der Waals surface area (Å²) in [6, 6.07) is 13.0. The molecule has 0 aliphatic heterocycles. The van der Waals surface area contributed by atoms with Gasteiger partial charge in [0, 0.05) is 5.56 Å². The Kier molecular flexibility index (Phi) is 5.38. The van der Waals surface area contributed by atoms with Crippen LogP contribution in [-0.2, 0) is 4.74 Å². The van der Waals surface area contributed by atoms with Crippen molar-refractivity contribution in [1.29, 1.82) is 0 Å². The Morgan fingerprint density at radius 3 is 2.45 bits per heavy atom. The second-order valence-electron chi connectivity index (χ2n) is 4.63. The minimum Gasteiger partial charge on any atom is -0.508 e. The van der Waals surface area contributed by atoms with E-state index in [-0.39, 0.29) is 18.3 Å². The fourth-order valence-electron chi connectivity index (χ4n) is 1.94. The molecule has 0 saturated heterocycles. The first kappa shape index (κ1) is 15.9. The topological polar surface area (TPSA) is 76.0 Å². The number of para-hydroxylation sites is 1. The third-order valence-corrected chi connectivity index (χ3v) is 3.07. The molecule has 1 unspecified atom stereocenters. The van der Waals surface area contributed by atoms with Gasteiger partial charge < -0.3 is 19.7 Å². The molecule has 0 fully saturated rings. The quantitative estimate of drug-likeness (QED) is 0.802. The molecule has 0 radical (unpaired) electrons. The Bertz CT molecular complexity index is 621. The monoisotopic (exact) mass is 302 g/mol. The normalized spacial score (nSPS) is 11.7. The first-order chi connectivity index (χ1) is 10.6. The summed E-state index contributed by atoms with van der Waals surface area (Å²) in [7, 11) is 0. The van der Waals surface area contributed by atoms with E-state index in [9.17, 15) is 15.0 Å². The van der Waals surface area contributed by atoms with Crippen LogP contribution in [0.25, 0.3) is 0 Å². The van der Waals surface area contributed by atoms with Gasteiger partial charge in [-0.1, -0.05) is 18.2 Å². The maximum atomic E-state index is 11.5. The molecule has 0 aliphatic rings. The lowest BCUT2D eigenvalue weighted by molar-refractivity contribution is 0.0526. The summed E-state index contributed by atoms with van der Waals surface area (Å²) in [5.74, 6) is 0.155. The van der Waals surface area contributed by atoms with Crippen LogP contribution in [0.3, 0.4) is 0 Å². The van der Waals surface area contributed by atoms with Crippen molar-refractivity contribution >= 4 is 5.97 Å². The number of hydrogen-bond donors (Lipinski definition) is 2. The largest absolute Gasteiger partial charge is 0.508 e. The molecule has 22 heavy (non-hydrogen) atoms. The Morgan fingerprint density at radius 2 is 1.82 bits per heavy atom. The highest BCUT2D eigenvalue weighted by Crippen LogP contribution is 2.24. The zero-order valence-electron chi connectivity index (χ0n) is 12.2. The number of aliphatic hydroxyl groups excluding tert-OH is 1. The van der Waals surface area contributed by atoms with Crippen LogP contribution in [0, 0.1) is 0 Å². The van der Waals surface area contributed by atoms with Crippen LogP contribution in [0.2, 0.25) is 0 Å². The van der Waals surface area contributed by atoms with Crippen LogP contribution in [-0.4, -0.2) is 29.4 Å². The molecule has 116 valence electrons. The van der Waals surface area contributed by atoms with Gasteiger partial charge in [-0.05, 0) is 37.3 Å². The fourth-order valence-corrected chi connectivity index (χ4v) is 1.94. The van der Waals surface area contributed by atoms with Gasteiger partial charge in [0.1, 0.15) is 24.2 Å². The molecule has 2 N–H and O–H groups in total. The summed E-state index contributed by atoms with van der Waals surface area (Å²) in [6.07, 6.45) is -0.939. The standard InChI is InChI=1S/C17H18O5/c1-2-21-17(20)12-7-9-13(10-8-12)22-11-16(19)14-5-3-4-6-15(14)18/h3-10,16,18-19H,2,11H2,1H3. The molecule has 5 heteroatoms. The molecular formula is C17H18O5. The van der Waals surface area contributed by atoms with Gasteiger partial charge in [0.25, 0.3) is 0 Å². The number of phenols is 1. The van der Waals surface area contributed by atoms with E-state index < -0.39 is 6.10 Å². The van der Waals surface area contributed by atoms with Gasteiger partial charge >= 0.3 is 5.97 Å². The van der Waals surface area contributed by atoms with Crippen LogP contribution in [0.1, 0.15) is 28.9 Å². The van der Waals surface area contributed by atoms with E-state index in [4.69, 9.17) is 9.47 Å². The Morgan fingerprint density at radius 1 is 1.14 bits per heavy atom. The van der Waals surface area contributed by atoms with Gasteiger partial charge in [-0.2, -0.15) is 0 Å². The number of phenolic OH excluding ortho intramolecular Hbond substituents is 1. The maximum absolute atomic E-state index is 11.5. The minimum atomic E-state index is -0.939. The van der Waals surface area contributed by atoms with E-state index in [1.54, 1.807) is 49.4 Å². The molecule has 0 aromatic heterocycles. The van der Waals surface area contributed by atoms with Gasteiger partial charge in [0.05, 0.1) is 12.2 Å². The maximum Gasteiger partial charge on any atom is 0.338 e. The number of carbonyl (C=O) groups excluding carboxylic acids is 1. The molecule has 0 saturated carbocycles. The molecule has 0 aliphatic carbocycles. The minimum absolute atomic E-state index is 0.00364. The number of carbonyl (C=O) groups is 1. The summed E-state index contributed by atoms with van der Waals surface area (Å²) < 4.78 is 10.3. The molecule has 2 aromatic rings. The average Bonchev–Trinajstić information content (AvgIpc) is 2.54. The van der Waals surface area contributed by atoms with Gasteiger partial charge in [0.2, 0.25) is 0 Å². The molecule has 5 nitrogen and oxygen atoms in total. The van der Waals surface area contributed by atoms with Crippen LogP contribution in [0.15, 0.2) is 48.5 Å². The summed E-state index contributed by atoms with van der Waals surface area (Å²) in [6.45, 7) is 2.07. The van der Waals surface area contributed by atoms with Crippen LogP contribution in [0.4, 0.5) is 0 Å². The van der Waals surface area contributed by atoms with E-state index in [2.05, 4.69) is 0 Å². The van der Waals surface area contributed by atoms with Crippen molar-refractivity contribution in [3.63, 3.8) is 0 Å². The Labute approximate surface area is 128 Å². The number of aromatic hydroxyl groups is 1. The lowest BCUT2D eigenvalue weighted by atomic mass is 10.1.